The number of aryl methyl sites for hydroxylation is 2. The second-order valence-corrected chi connectivity index (χ2v) is 6.35. The van der Waals surface area contributed by atoms with E-state index in [1.165, 1.54) is 0 Å². The molecule has 1 aliphatic heterocycles. The summed E-state index contributed by atoms with van der Waals surface area (Å²) in [5.41, 5.74) is 8.18. The third-order valence-electron chi connectivity index (χ3n) is 4.17. The molecule has 1 aromatic rings. The van der Waals surface area contributed by atoms with E-state index in [0.717, 1.165) is 16.8 Å². The van der Waals surface area contributed by atoms with E-state index in [1.54, 1.807) is 0 Å². The number of nitrogens with zero attached hydrogens (tertiary/aromatic N) is 1. The predicted octanol–water partition coefficient (Wildman–Crippen LogP) is 2.93. The van der Waals surface area contributed by atoms with Gasteiger partial charge in [-0.25, -0.2) is 4.98 Å². The van der Waals surface area contributed by atoms with E-state index in [0.29, 0.717) is 5.82 Å². The van der Waals surface area contributed by atoms with E-state index in [2.05, 4.69) is 4.98 Å². The molecule has 0 bridgehead atoms. The first-order valence-corrected chi connectivity index (χ1v) is 6.90. The highest BCUT2D eigenvalue weighted by atomic mass is 16.7. The minimum atomic E-state index is -0.337. The first kappa shape index (κ1) is 15.1. The van der Waals surface area contributed by atoms with Crippen LogP contribution in [0.25, 0.3) is 6.08 Å². The molecule has 0 amide bonds. The summed E-state index contributed by atoms with van der Waals surface area (Å²) in [4.78, 5) is 4.28. The fourth-order valence-corrected chi connectivity index (χ4v) is 2.27. The predicted molar refractivity (Wildman–Crippen MR) is 83.2 cm³/mol. The third kappa shape index (κ3) is 2.74. The molecule has 0 saturated carbocycles. The maximum atomic E-state index is 5.94. The van der Waals surface area contributed by atoms with Crippen molar-refractivity contribution in [3.63, 3.8) is 0 Å². The molecule has 0 unspecified atom stereocenters. The summed E-state index contributed by atoms with van der Waals surface area (Å²) in [6.07, 6.45) is 2.00. The first-order chi connectivity index (χ1) is 9.12. The van der Waals surface area contributed by atoms with E-state index >= 15 is 0 Å². The van der Waals surface area contributed by atoms with Gasteiger partial charge in [0.1, 0.15) is 5.82 Å². The Morgan fingerprint density at radius 3 is 2.20 bits per heavy atom. The lowest BCUT2D eigenvalue weighted by molar-refractivity contribution is 0.00578. The highest BCUT2D eigenvalue weighted by Crippen LogP contribution is 2.37. The maximum absolute atomic E-state index is 5.94. The largest absolute Gasteiger partial charge is 0.487 e. The molecular weight excluding hydrogens is 251 g/mol. The van der Waals surface area contributed by atoms with Gasteiger partial charge in [-0.2, -0.15) is 0 Å². The van der Waals surface area contributed by atoms with Crippen LogP contribution in [0.15, 0.2) is 12.0 Å². The molecule has 2 heterocycles. The molecule has 1 fully saturated rings. The number of nitrogen functional groups attached to an aromatic ring is 1. The summed E-state index contributed by atoms with van der Waals surface area (Å²) in [6.45, 7) is 12.1. The minimum Gasteiger partial charge on any atom is -0.400 e. The second-order valence-electron chi connectivity index (χ2n) is 6.35. The van der Waals surface area contributed by atoms with Gasteiger partial charge in [0.2, 0.25) is 0 Å². The van der Waals surface area contributed by atoms with Crippen LogP contribution in [0.5, 0.6) is 0 Å². The molecule has 1 aliphatic rings. The van der Waals surface area contributed by atoms with Crippen LogP contribution in [0.1, 0.15) is 44.5 Å². The number of hydrogen-bond donors (Lipinski definition) is 1. The molecule has 2 rings (SSSR count). The molecular formula is C15H23BN2O2. The normalized spacial score (nSPS) is 20.8. The monoisotopic (exact) mass is 274 g/mol. The van der Waals surface area contributed by atoms with Crippen LogP contribution in [-0.4, -0.2) is 23.3 Å². The van der Waals surface area contributed by atoms with E-state index in [9.17, 15) is 0 Å². The summed E-state index contributed by atoms with van der Waals surface area (Å²) in [6, 6.07) is 1.87. The van der Waals surface area contributed by atoms with E-state index in [4.69, 9.17) is 15.0 Å². The van der Waals surface area contributed by atoms with Gasteiger partial charge in [0.15, 0.2) is 0 Å². The molecule has 20 heavy (non-hydrogen) atoms. The van der Waals surface area contributed by atoms with Gasteiger partial charge in [-0.1, -0.05) is 12.1 Å². The Balaban J connectivity index is 2.20. The van der Waals surface area contributed by atoms with Crippen molar-refractivity contribution in [1.29, 1.82) is 0 Å². The lowest BCUT2D eigenvalue weighted by Crippen LogP contribution is -2.41. The van der Waals surface area contributed by atoms with Crippen LogP contribution in [0.4, 0.5) is 5.82 Å². The Kier molecular flexibility index (Phi) is 3.69. The van der Waals surface area contributed by atoms with Crippen LogP contribution < -0.4 is 5.73 Å². The average molecular weight is 274 g/mol. The highest BCUT2D eigenvalue weighted by Gasteiger charge is 2.50. The number of hydrogen-bond acceptors (Lipinski definition) is 4. The van der Waals surface area contributed by atoms with Gasteiger partial charge >= 0.3 is 7.12 Å². The van der Waals surface area contributed by atoms with Gasteiger partial charge in [0.05, 0.1) is 11.2 Å². The molecule has 5 heteroatoms. The fourth-order valence-electron chi connectivity index (χ4n) is 2.27. The average Bonchev–Trinajstić information content (AvgIpc) is 2.45. The second kappa shape index (κ2) is 4.90. The van der Waals surface area contributed by atoms with Gasteiger partial charge in [0.25, 0.3) is 0 Å². The van der Waals surface area contributed by atoms with Crippen LogP contribution in [-0.2, 0) is 9.31 Å². The van der Waals surface area contributed by atoms with E-state index < -0.39 is 0 Å². The van der Waals surface area contributed by atoms with Crippen LogP contribution >= 0.6 is 0 Å². The van der Waals surface area contributed by atoms with Crippen LogP contribution in [0.2, 0.25) is 0 Å². The van der Waals surface area contributed by atoms with Crippen molar-refractivity contribution in [1.82, 2.24) is 4.98 Å². The smallest absolute Gasteiger partial charge is 0.400 e. The maximum Gasteiger partial charge on any atom is 0.487 e. The van der Waals surface area contributed by atoms with Crippen molar-refractivity contribution in [2.45, 2.75) is 52.7 Å². The number of nitrogens with two attached hydrogens (primary N) is 1. The van der Waals surface area contributed by atoms with Crippen molar-refractivity contribution in [2.75, 3.05) is 5.73 Å². The lowest BCUT2D eigenvalue weighted by Gasteiger charge is -2.32. The first-order valence-electron chi connectivity index (χ1n) is 6.90. The summed E-state index contributed by atoms with van der Waals surface area (Å²) < 4.78 is 11.9. The number of rotatable bonds is 2. The van der Waals surface area contributed by atoms with Crippen molar-refractivity contribution >= 4 is 19.0 Å². The van der Waals surface area contributed by atoms with Gasteiger partial charge < -0.3 is 15.0 Å². The van der Waals surface area contributed by atoms with Crippen LogP contribution in [0, 0.1) is 13.8 Å². The zero-order valence-electron chi connectivity index (χ0n) is 13.2. The molecule has 0 aliphatic carbocycles. The zero-order valence-corrected chi connectivity index (χ0v) is 13.2. The molecule has 0 aromatic carbocycles. The molecule has 0 spiro atoms. The Morgan fingerprint density at radius 2 is 1.70 bits per heavy atom. The summed E-state index contributed by atoms with van der Waals surface area (Å²) in [7, 11) is -0.337. The molecule has 2 N–H and O–H groups in total. The molecule has 108 valence electrons. The van der Waals surface area contributed by atoms with Crippen molar-refractivity contribution in [3.8, 4) is 0 Å². The summed E-state index contributed by atoms with van der Waals surface area (Å²) >= 11 is 0. The van der Waals surface area contributed by atoms with Gasteiger partial charge in [-0.15, -0.1) is 0 Å². The Morgan fingerprint density at radius 1 is 1.15 bits per heavy atom. The number of aromatic nitrogens is 1. The molecule has 1 saturated heterocycles. The van der Waals surface area contributed by atoms with Crippen molar-refractivity contribution in [3.05, 3.63) is 28.9 Å². The number of pyridine rings is 1. The molecule has 4 nitrogen and oxygen atoms in total. The van der Waals surface area contributed by atoms with Crippen molar-refractivity contribution in [2.24, 2.45) is 0 Å². The summed E-state index contributed by atoms with van der Waals surface area (Å²) in [5, 5.41) is 0. The quantitative estimate of drug-likeness (QED) is 0.842. The molecule has 0 radical (unpaired) electrons. The Labute approximate surface area is 121 Å². The highest BCUT2D eigenvalue weighted by molar-refractivity contribution is 6.52. The lowest BCUT2D eigenvalue weighted by atomic mass is 9.88. The van der Waals surface area contributed by atoms with Gasteiger partial charge in [0, 0.05) is 5.69 Å². The topological polar surface area (TPSA) is 57.4 Å². The summed E-state index contributed by atoms with van der Waals surface area (Å²) in [5.74, 6) is 2.48. The SMILES string of the molecule is Cc1cc(N)nc(C)c1/C=C/B1OC(C)(C)C(C)(C)O1. The zero-order chi connectivity index (χ0) is 15.1. The fraction of sp³-hybridized carbons (Fsp3) is 0.533. The molecule has 1 aromatic heterocycles. The van der Waals surface area contributed by atoms with E-state index in [-0.39, 0.29) is 18.3 Å². The van der Waals surface area contributed by atoms with Gasteiger partial charge in [-0.3, -0.25) is 0 Å². The van der Waals surface area contributed by atoms with E-state index in [1.807, 2.05) is 59.7 Å². The van der Waals surface area contributed by atoms with Crippen LogP contribution in [0.3, 0.4) is 0 Å². The Bertz CT molecular complexity index is 514. The van der Waals surface area contributed by atoms with Gasteiger partial charge in [-0.05, 0) is 58.7 Å². The van der Waals surface area contributed by atoms with Crippen molar-refractivity contribution < 1.29 is 9.31 Å². The number of anilines is 1. The standard InChI is InChI=1S/C15H23BN2O2/c1-10-9-13(17)18-11(2)12(10)7-8-16-19-14(3,4)15(5,6)20-16/h7-9H,1-6H3,(H2,17,18)/b8-7+. The third-order valence-corrected chi connectivity index (χ3v) is 4.17. The minimum absolute atomic E-state index is 0.314. The molecule has 0 atom stereocenters. The Hall–Kier alpha value is -1.33.